The molecular formula is C21H27N3OS. The van der Waals surface area contributed by atoms with Crippen LogP contribution in [0.3, 0.4) is 0 Å². The predicted molar refractivity (Wildman–Crippen MR) is 110 cm³/mol. The van der Waals surface area contributed by atoms with Crippen LogP contribution in [0.2, 0.25) is 0 Å². The highest BCUT2D eigenvalue weighted by Crippen LogP contribution is 2.45. The Balaban J connectivity index is 1.30. The van der Waals surface area contributed by atoms with Gasteiger partial charge in [-0.3, -0.25) is 4.79 Å². The smallest absolute Gasteiger partial charge is 0.246 e. The summed E-state index contributed by atoms with van der Waals surface area (Å²) in [7, 11) is 4.02. The normalized spacial score (nSPS) is 19.7. The van der Waals surface area contributed by atoms with E-state index in [1.165, 1.54) is 15.1 Å². The fraction of sp³-hybridized carbons (Fsp3) is 0.476. The van der Waals surface area contributed by atoms with Crippen LogP contribution in [0.1, 0.15) is 12.8 Å². The molecule has 1 amide bonds. The molecule has 1 aromatic carbocycles. The van der Waals surface area contributed by atoms with Gasteiger partial charge in [-0.05, 0) is 44.5 Å². The van der Waals surface area contributed by atoms with Gasteiger partial charge >= 0.3 is 0 Å². The molecule has 1 aromatic heterocycles. The van der Waals surface area contributed by atoms with E-state index in [0.717, 1.165) is 45.6 Å². The predicted octanol–water partition coefficient (Wildman–Crippen LogP) is 3.45. The minimum absolute atomic E-state index is 0.169. The molecule has 0 N–H and O–H groups in total. The quantitative estimate of drug-likeness (QED) is 0.773. The Morgan fingerprint density at radius 1 is 1.23 bits per heavy atom. The first-order valence-electron chi connectivity index (χ1n) is 9.38. The van der Waals surface area contributed by atoms with Crippen LogP contribution < -0.4 is 4.90 Å². The maximum Gasteiger partial charge on any atom is 0.246 e. The third-order valence-electron chi connectivity index (χ3n) is 5.64. The minimum atomic E-state index is 0.169. The van der Waals surface area contributed by atoms with Gasteiger partial charge in [-0.15, -0.1) is 11.3 Å². The number of rotatable bonds is 4. The molecule has 0 radical (unpaired) electrons. The zero-order valence-electron chi connectivity index (χ0n) is 15.6. The highest BCUT2D eigenvalue weighted by Gasteiger charge is 2.45. The van der Waals surface area contributed by atoms with Crippen molar-refractivity contribution in [1.29, 1.82) is 0 Å². The van der Waals surface area contributed by atoms with Crippen molar-refractivity contribution >= 4 is 32.3 Å². The number of nitrogens with zero attached hydrogens (tertiary/aromatic N) is 3. The first kappa shape index (κ1) is 17.6. The molecule has 4 rings (SSSR count). The van der Waals surface area contributed by atoms with Crippen molar-refractivity contribution in [2.75, 3.05) is 51.7 Å². The topological polar surface area (TPSA) is 26.8 Å². The minimum Gasteiger partial charge on any atom is -0.362 e. The molecule has 2 fully saturated rings. The van der Waals surface area contributed by atoms with Crippen molar-refractivity contribution in [1.82, 2.24) is 9.80 Å². The monoisotopic (exact) mass is 369 g/mol. The van der Waals surface area contributed by atoms with Gasteiger partial charge in [0.05, 0.1) is 5.00 Å². The lowest BCUT2D eigenvalue weighted by Crippen LogP contribution is -2.60. The third-order valence-corrected chi connectivity index (χ3v) is 6.82. The summed E-state index contributed by atoms with van der Waals surface area (Å²) < 4.78 is 1.37. The van der Waals surface area contributed by atoms with Gasteiger partial charge < -0.3 is 14.7 Å². The first-order valence-corrected chi connectivity index (χ1v) is 10.2. The van der Waals surface area contributed by atoms with E-state index in [1.807, 2.05) is 36.4 Å². The van der Waals surface area contributed by atoms with Crippen LogP contribution in [0, 0.1) is 5.41 Å². The van der Waals surface area contributed by atoms with Gasteiger partial charge in [-0.2, -0.15) is 0 Å². The average molecular weight is 370 g/mol. The molecule has 5 heteroatoms. The summed E-state index contributed by atoms with van der Waals surface area (Å²) in [4.78, 5) is 18.9. The molecule has 0 bridgehead atoms. The summed E-state index contributed by atoms with van der Waals surface area (Å²) >= 11 is 1.89. The van der Waals surface area contributed by atoms with Crippen LogP contribution >= 0.6 is 11.3 Å². The van der Waals surface area contributed by atoms with Crippen molar-refractivity contribution in [2.45, 2.75) is 12.8 Å². The summed E-state index contributed by atoms with van der Waals surface area (Å²) in [5.41, 5.74) is 0.417. The molecule has 26 heavy (non-hydrogen) atoms. The molecule has 138 valence electrons. The number of amides is 1. The molecular weight excluding hydrogens is 342 g/mol. The number of carbonyl (C=O) groups is 1. The van der Waals surface area contributed by atoms with E-state index < -0.39 is 0 Å². The lowest BCUT2D eigenvalue weighted by Gasteiger charge is -2.54. The number of carbonyl (C=O) groups excluding carboxylic acids is 1. The van der Waals surface area contributed by atoms with Gasteiger partial charge in [0.2, 0.25) is 5.91 Å². The van der Waals surface area contributed by atoms with E-state index in [-0.39, 0.29) is 5.91 Å². The number of hydrogen-bond donors (Lipinski definition) is 0. The van der Waals surface area contributed by atoms with Crippen LogP contribution in [0.4, 0.5) is 5.00 Å². The van der Waals surface area contributed by atoms with Crippen molar-refractivity contribution in [3.8, 4) is 0 Å². The van der Waals surface area contributed by atoms with E-state index in [4.69, 9.17) is 0 Å². The second kappa shape index (κ2) is 7.05. The number of benzene rings is 1. The number of anilines is 1. The molecule has 0 saturated carbocycles. The van der Waals surface area contributed by atoms with Crippen LogP contribution in [-0.4, -0.2) is 62.5 Å². The standard InChI is InChI=1S/C21H27N3OS/c1-22(2)11-5-8-19(25)23-12-9-21(10-13-23)15-24(16-21)20-14-17-6-3-4-7-18(17)26-20/h3-8,14H,9-13,15-16H2,1-2H3/b8-5+. The fourth-order valence-electron chi connectivity index (χ4n) is 4.03. The number of likely N-dealkylation sites (tertiary alicyclic amines) is 1. The number of piperidine rings is 1. The molecule has 0 atom stereocenters. The molecule has 2 aliphatic heterocycles. The molecule has 2 aromatic rings. The Kier molecular flexibility index (Phi) is 4.76. The molecule has 4 nitrogen and oxygen atoms in total. The summed E-state index contributed by atoms with van der Waals surface area (Å²) in [5.74, 6) is 0.169. The Hall–Kier alpha value is -1.85. The lowest BCUT2D eigenvalue weighted by atomic mass is 9.72. The van der Waals surface area contributed by atoms with E-state index in [2.05, 4.69) is 40.1 Å². The molecule has 0 unspecified atom stereocenters. The van der Waals surface area contributed by atoms with Gasteiger partial charge in [-0.1, -0.05) is 24.3 Å². The molecule has 1 spiro atoms. The van der Waals surface area contributed by atoms with Crippen molar-refractivity contribution in [3.05, 3.63) is 42.5 Å². The Bertz CT molecular complexity index is 777. The largest absolute Gasteiger partial charge is 0.362 e. The Labute approximate surface area is 159 Å². The second-order valence-corrected chi connectivity index (χ2v) is 9.03. The number of fused-ring (bicyclic) bond motifs is 1. The lowest BCUT2D eigenvalue weighted by molar-refractivity contribution is -0.128. The zero-order valence-corrected chi connectivity index (χ0v) is 16.5. The molecule has 0 aliphatic carbocycles. The van der Waals surface area contributed by atoms with Crippen LogP contribution in [-0.2, 0) is 4.79 Å². The SMILES string of the molecule is CN(C)C/C=C/C(=O)N1CCC2(CC1)CN(c1cc3ccccc3s1)C2. The number of thiophene rings is 1. The summed E-state index contributed by atoms with van der Waals surface area (Å²) in [5, 5.41) is 2.74. The van der Waals surface area contributed by atoms with Gasteiger partial charge in [0.15, 0.2) is 0 Å². The van der Waals surface area contributed by atoms with Gasteiger partial charge in [-0.25, -0.2) is 0 Å². The molecule has 2 saturated heterocycles. The van der Waals surface area contributed by atoms with E-state index in [1.54, 1.807) is 6.08 Å². The molecule has 2 aliphatic rings. The highest BCUT2D eigenvalue weighted by atomic mass is 32.1. The summed E-state index contributed by atoms with van der Waals surface area (Å²) in [6, 6.07) is 10.9. The van der Waals surface area contributed by atoms with Crippen molar-refractivity contribution < 1.29 is 4.79 Å². The average Bonchev–Trinajstić information content (AvgIpc) is 3.03. The Morgan fingerprint density at radius 2 is 1.96 bits per heavy atom. The fourth-order valence-corrected chi connectivity index (χ4v) is 5.09. The van der Waals surface area contributed by atoms with Crippen molar-refractivity contribution in [3.63, 3.8) is 0 Å². The first-order chi connectivity index (χ1) is 12.5. The highest BCUT2D eigenvalue weighted by molar-refractivity contribution is 7.22. The van der Waals surface area contributed by atoms with Crippen molar-refractivity contribution in [2.24, 2.45) is 5.41 Å². The van der Waals surface area contributed by atoms with Crippen LogP contribution in [0.5, 0.6) is 0 Å². The van der Waals surface area contributed by atoms with Gasteiger partial charge in [0, 0.05) is 48.9 Å². The summed E-state index contributed by atoms with van der Waals surface area (Å²) in [6.07, 6.45) is 5.95. The number of hydrogen-bond acceptors (Lipinski definition) is 4. The Morgan fingerprint density at radius 3 is 2.65 bits per heavy atom. The van der Waals surface area contributed by atoms with E-state index in [0.29, 0.717) is 5.41 Å². The summed E-state index contributed by atoms with van der Waals surface area (Å²) in [6.45, 7) is 4.88. The van der Waals surface area contributed by atoms with Gasteiger partial charge in [0.1, 0.15) is 0 Å². The van der Waals surface area contributed by atoms with Gasteiger partial charge in [0.25, 0.3) is 0 Å². The van der Waals surface area contributed by atoms with Crippen LogP contribution in [0.25, 0.3) is 10.1 Å². The van der Waals surface area contributed by atoms with E-state index >= 15 is 0 Å². The maximum atomic E-state index is 12.3. The van der Waals surface area contributed by atoms with E-state index in [9.17, 15) is 4.79 Å². The maximum absolute atomic E-state index is 12.3. The number of likely N-dealkylation sites (N-methyl/N-ethyl adjacent to an activating group) is 1. The van der Waals surface area contributed by atoms with Crippen LogP contribution in [0.15, 0.2) is 42.5 Å². The zero-order chi connectivity index (χ0) is 18.1. The molecule has 3 heterocycles. The third kappa shape index (κ3) is 3.51. The second-order valence-electron chi connectivity index (χ2n) is 7.97.